The van der Waals surface area contributed by atoms with Crippen LogP contribution in [-0.2, 0) is 32.6 Å². The number of nitrogens with one attached hydrogen (secondary N) is 1. The first kappa shape index (κ1) is 33.0. The Balaban J connectivity index is 1.59. The molecule has 1 atom stereocenters. The quantitative estimate of drug-likeness (QED) is 0.206. The summed E-state index contributed by atoms with van der Waals surface area (Å²) in [5.74, 6) is -0.00938. The SMILES string of the molecule is CC(C)NC(=O)[C@H](Cc1ccccc1)N(Cc1cccc(Br)c1)C(=O)CN(c1ccc2c(c1)OCCO2)S(=O)(=O)c1ccccc1. The van der Waals surface area contributed by atoms with Gasteiger partial charge in [0.2, 0.25) is 11.8 Å². The molecule has 0 spiro atoms. The second-order valence-electron chi connectivity index (χ2n) is 11.2. The summed E-state index contributed by atoms with van der Waals surface area (Å²) >= 11 is 3.50. The fraction of sp³-hybridized carbons (Fsp3) is 0.257. The van der Waals surface area contributed by atoms with Crippen LogP contribution in [0.15, 0.2) is 112 Å². The standard InChI is InChI=1S/C35H36BrN3O6S/c1-25(2)37-35(41)31(21-26-10-5-3-6-11-26)38(23-27-12-9-13-28(36)20-27)34(40)24-39(46(42,43)30-14-7-4-8-15-30)29-16-17-32-33(22-29)45-19-18-44-32/h3-17,20,22,25,31H,18-19,21,23-24H2,1-2H3,(H,37,41)/t31-/m0/s1. The highest BCUT2D eigenvalue weighted by Crippen LogP contribution is 2.36. The van der Waals surface area contributed by atoms with Gasteiger partial charge in [0, 0.05) is 29.5 Å². The maximum absolute atomic E-state index is 14.6. The number of halogens is 1. The van der Waals surface area contributed by atoms with Crippen LogP contribution in [0.25, 0.3) is 0 Å². The van der Waals surface area contributed by atoms with Crippen LogP contribution in [0.5, 0.6) is 11.5 Å². The van der Waals surface area contributed by atoms with Gasteiger partial charge in [-0.3, -0.25) is 13.9 Å². The molecule has 9 nitrogen and oxygen atoms in total. The van der Waals surface area contributed by atoms with Crippen molar-refractivity contribution in [3.63, 3.8) is 0 Å². The van der Waals surface area contributed by atoms with E-state index in [1.54, 1.807) is 36.4 Å². The Bertz CT molecular complexity index is 1770. The van der Waals surface area contributed by atoms with Gasteiger partial charge in [-0.1, -0.05) is 76.6 Å². The van der Waals surface area contributed by atoms with E-state index in [9.17, 15) is 18.0 Å². The van der Waals surface area contributed by atoms with Crippen LogP contribution in [0.3, 0.4) is 0 Å². The number of carbonyl (C=O) groups excluding carboxylic acids is 2. The fourth-order valence-corrected chi connectivity index (χ4v) is 7.08. The van der Waals surface area contributed by atoms with E-state index in [4.69, 9.17) is 9.47 Å². The van der Waals surface area contributed by atoms with Gasteiger partial charge in [-0.05, 0) is 61.4 Å². The predicted octanol–water partition coefficient (Wildman–Crippen LogP) is 5.58. The molecule has 0 saturated heterocycles. The largest absolute Gasteiger partial charge is 0.486 e. The monoisotopic (exact) mass is 705 g/mol. The number of ether oxygens (including phenoxy) is 2. The van der Waals surface area contributed by atoms with Crippen molar-refractivity contribution in [3.05, 3.63) is 119 Å². The minimum atomic E-state index is -4.23. The molecule has 4 aromatic carbocycles. The molecular formula is C35H36BrN3O6S. The second kappa shape index (κ2) is 14.8. The van der Waals surface area contributed by atoms with Crippen molar-refractivity contribution < 1.29 is 27.5 Å². The average Bonchev–Trinajstić information content (AvgIpc) is 3.05. The average molecular weight is 707 g/mol. The highest BCUT2D eigenvalue weighted by atomic mass is 79.9. The van der Waals surface area contributed by atoms with Gasteiger partial charge in [-0.25, -0.2) is 8.42 Å². The van der Waals surface area contributed by atoms with E-state index in [-0.39, 0.29) is 35.5 Å². The van der Waals surface area contributed by atoms with Crippen LogP contribution in [0, 0.1) is 0 Å². The van der Waals surface area contributed by atoms with Crippen molar-refractivity contribution in [1.82, 2.24) is 10.2 Å². The van der Waals surface area contributed by atoms with Gasteiger partial charge in [0.15, 0.2) is 11.5 Å². The molecule has 0 unspecified atom stereocenters. The second-order valence-corrected chi connectivity index (χ2v) is 14.0. The third-order valence-corrected chi connectivity index (χ3v) is 9.65. The maximum Gasteiger partial charge on any atom is 0.264 e. The number of anilines is 1. The summed E-state index contributed by atoms with van der Waals surface area (Å²) in [6, 6.07) is 28.5. The van der Waals surface area contributed by atoms with Gasteiger partial charge < -0.3 is 19.7 Å². The Morgan fingerprint density at radius 1 is 0.826 bits per heavy atom. The Labute approximate surface area is 278 Å². The molecular weight excluding hydrogens is 670 g/mol. The lowest BCUT2D eigenvalue weighted by Gasteiger charge is -2.34. The lowest BCUT2D eigenvalue weighted by atomic mass is 10.0. The summed E-state index contributed by atoms with van der Waals surface area (Å²) < 4.78 is 41.7. The number of benzene rings is 4. The summed E-state index contributed by atoms with van der Waals surface area (Å²) in [6.07, 6.45) is 0.231. The number of nitrogens with zero attached hydrogens (tertiary/aromatic N) is 2. The van der Waals surface area contributed by atoms with Gasteiger partial charge in [0.1, 0.15) is 25.8 Å². The van der Waals surface area contributed by atoms with Crippen molar-refractivity contribution in [1.29, 1.82) is 0 Å². The zero-order chi connectivity index (χ0) is 32.7. The minimum absolute atomic E-state index is 0.0228. The first-order chi connectivity index (χ1) is 22.1. The number of fused-ring (bicyclic) bond motifs is 1. The molecule has 2 amide bonds. The molecule has 46 heavy (non-hydrogen) atoms. The predicted molar refractivity (Wildman–Crippen MR) is 180 cm³/mol. The van der Waals surface area contributed by atoms with Gasteiger partial charge >= 0.3 is 0 Å². The Morgan fingerprint density at radius 3 is 2.15 bits per heavy atom. The zero-order valence-corrected chi connectivity index (χ0v) is 28.0. The number of carbonyl (C=O) groups is 2. The smallest absolute Gasteiger partial charge is 0.264 e. The van der Waals surface area contributed by atoms with Crippen molar-refractivity contribution >= 4 is 43.5 Å². The molecule has 0 fully saturated rings. The molecule has 0 radical (unpaired) electrons. The Kier molecular flexibility index (Phi) is 10.6. The summed E-state index contributed by atoms with van der Waals surface area (Å²) in [4.78, 5) is 29.9. The lowest BCUT2D eigenvalue weighted by molar-refractivity contribution is -0.140. The molecule has 0 bridgehead atoms. The molecule has 11 heteroatoms. The lowest BCUT2D eigenvalue weighted by Crippen LogP contribution is -2.54. The van der Waals surface area contributed by atoms with Gasteiger partial charge in [0.05, 0.1) is 10.6 Å². The van der Waals surface area contributed by atoms with Crippen LogP contribution < -0.4 is 19.1 Å². The third-order valence-electron chi connectivity index (χ3n) is 7.37. The summed E-state index contributed by atoms with van der Waals surface area (Å²) in [6.45, 7) is 3.91. The minimum Gasteiger partial charge on any atom is -0.486 e. The van der Waals surface area contributed by atoms with Crippen molar-refractivity contribution in [2.45, 2.75) is 43.8 Å². The van der Waals surface area contributed by atoms with Crippen molar-refractivity contribution in [2.24, 2.45) is 0 Å². The first-order valence-electron chi connectivity index (χ1n) is 15.0. The summed E-state index contributed by atoms with van der Waals surface area (Å²) in [5.41, 5.74) is 1.86. The van der Waals surface area contributed by atoms with Gasteiger partial charge in [0.25, 0.3) is 10.0 Å². The molecule has 240 valence electrons. The maximum atomic E-state index is 14.6. The Morgan fingerprint density at radius 2 is 1.48 bits per heavy atom. The normalized spacial score (nSPS) is 13.1. The third kappa shape index (κ3) is 8.07. The molecule has 0 aliphatic carbocycles. The molecule has 1 aliphatic heterocycles. The van der Waals surface area contributed by atoms with E-state index in [1.165, 1.54) is 17.0 Å². The van der Waals surface area contributed by atoms with E-state index < -0.39 is 28.5 Å². The van der Waals surface area contributed by atoms with Crippen molar-refractivity contribution in [2.75, 3.05) is 24.1 Å². The number of sulfonamides is 1. The van der Waals surface area contributed by atoms with E-state index >= 15 is 0 Å². The molecule has 1 aliphatic rings. The summed E-state index contributed by atoms with van der Waals surface area (Å²) in [7, 11) is -4.23. The molecule has 0 aromatic heterocycles. The van der Waals surface area contributed by atoms with E-state index in [0.717, 1.165) is 19.9 Å². The molecule has 4 aromatic rings. The number of hydrogen-bond donors (Lipinski definition) is 1. The zero-order valence-electron chi connectivity index (χ0n) is 25.6. The highest BCUT2D eigenvalue weighted by molar-refractivity contribution is 9.10. The summed E-state index contributed by atoms with van der Waals surface area (Å²) in [5, 5.41) is 2.97. The van der Waals surface area contributed by atoms with E-state index in [2.05, 4.69) is 21.2 Å². The molecule has 1 N–H and O–H groups in total. The molecule has 0 saturated carbocycles. The van der Waals surface area contributed by atoms with E-state index in [1.807, 2.05) is 68.4 Å². The van der Waals surface area contributed by atoms with Crippen LogP contribution >= 0.6 is 15.9 Å². The van der Waals surface area contributed by atoms with Crippen LogP contribution in [0.1, 0.15) is 25.0 Å². The highest BCUT2D eigenvalue weighted by Gasteiger charge is 2.35. The van der Waals surface area contributed by atoms with Crippen molar-refractivity contribution in [3.8, 4) is 11.5 Å². The van der Waals surface area contributed by atoms with Crippen LogP contribution in [0.4, 0.5) is 5.69 Å². The first-order valence-corrected chi connectivity index (χ1v) is 17.2. The van der Waals surface area contributed by atoms with Gasteiger partial charge in [-0.2, -0.15) is 0 Å². The number of hydrogen-bond acceptors (Lipinski definition) is 6. The Hall–Kier alpha value is -4.35. The van der Waals surface area contributed by atoms with E-state index in [0.29, 0.717) is 24.7 Å². The number of rotatable bonds is 12. The van der Waals surface area contributed by atoms with Crippen LogP contribution in [0.2, 0.25) is 0 Å². The topological polar surface area (TPSA) is 105 Å². The number of amides is 2. The fourth-order valence-electron chi connectivity index (χ4n) is 5.20. The molecule has 1 heterocycles. The van der Waals surface area contributed by atoms with Crippen LogP contribution in [-0.4, -0.2) is 57.0 Å². The molecule has 5 rings (SSSR count). The van der Waals surface area contributed by atoms with Gasteiger partial charge in [-0.15, -0.1) is 0 Å².